The first-order chi connectivity index (χ1) is 8.22. The van der Waals surface area contributed by atoms with Crippen LogP contribution in [0.15, 0.2) is 0 Å². The molecule has 17 heavy (non-hydrogen) atoms. The zero-order chi connectivity index (χ0) is 12.5. The first-order valence-electron chi connectivity index (χ1n) is 6.83. The van der Waals surface area contributed by atoms with Gasteiger partial charge in [0.2, 0.25) is 0 Å². The Hall–Kier alpha value is 0.230. The average Bonchev–Trinajstić information content (AvgIpc) is 2.53. The smallest absolute Gasteiger partial charge is 0.0107 e. The van der Waals surface area contributed by atoms with Crippen molar-refractivity contribution >= 4 is 11.8 Å². The molecule has 0 bridgehead atoms. The predicted octanol–water partition coefficient (Wildman–Crippen LogP) is 1.36. The van der Waals surface area contributed by atoms with Crippen molar-refractivity contribution in [3.63, 3.8) is 0 Å². The van der Waals surface area contributed by atoms with E-state index in [4.69, 9.17) is 0 Å². The highest BCUT2D eigenvalue weighted by Crippen LogP contribution is 2.20. The van der Waals surface area contributed by atoms with Gasteiger partial charge in [0.25, 0.3) is 0 Å². The third-order valence-electron chi connectivity index (χ3n) is 3.44. The molecule has 0 aromatic heterocycles. The van der Waals surface area contributed by atoms with E-state index in [1.165, 1.54) is 38.9 Å². The fourth-order valence-electron chi connectivity index (χ4n) is 2.25. The number of likely N-dealkylation sites (tertiary alicyclic amines) is 1. The maximum absolute atomic E-state index is 3.52. The van der Waals surface area contributed by atoms with Crippen molar-refractivity contribution in [1.82, 2.24) is 15.1 Å². The monoisotopic (exact) mass is 259 g/mol. The van der Waals surface area contributed by atoms with Gasteiger partial charge in [0.15, 0.2) is 0 Å². The van der Waals surface area contributed by atoms with Crippen molar-refractivity contribution in [3.8, 4) is 0 Å². The number of likely N-dealkylation sites (N-methyl/N-ethyl adjacent to an activating group) is 1. The third-order valence-corrected chi connectivity index (χ3v) is 4.58. The maximum Gasteiger partial charge on any atom is 0.0107 e. The van der Waals surface area contributed by atoms with Crippen LogP contribution in [-0.4, -0.2) is 74.7 Å². The van der Waals surface area contributed by atoms with Crippen LogP contribution < -0.4 is 5.32 Å². The number of nitrogens with one attached hydrogen (secondary N) is 1. The fourth-order valence-corrected chi connectivity index (χ4v) is 2.99. The molecule has 0 aromatic carbocycles. The normalized spacial score (nSPS) is 22.9. The van der Waals surface area contributed by atoms with E-state index in [2.05, 4.69) is 35.5 Å². The van der Waals surface area contributed by atoms with Crippen LogP contribution in [0.2, 0.25) is 0 Å². The second-order valence-electron chi connectivity index (χ2n) is 5.18. The van der Waals surface area contributed by atoms with Gasteiger partial charge in [0, 0.05) is 31.4 Å². The molecule has 1 rings (SSSR count). The van der Waals surface area contributed by atoms with Gasteiger partial charge >= 0.3 is 0 Å². The topological polar surface area (TPSA) is 18.5 Å². The second kappa shape index (κ2) is 9.20. The van der Waals surface area contributed by atoms with Gasteiger partial charge in [-0.3, -0.25) is 0 Å². The van der Waals surface area contributed by atoms with Gasteiger partial charge in [0.1, 0.15) is 0 Å². The number of rotatable bonds is 7. The third kappa shape index (κ3) is 7.29. The lowest BCUT2D eigenvalue weighted by Gasteiger charge is -2.20. The molecule has 102 valence electrons. The van der Waals surface area contributed by atoms with E-state index in [0.717, 1.165) is 24.9 Å². The van der Waals surface area contributed by atoms with Crippen molar-refractivity contribution in [2.24, 2.45) is 0 Å². The fraction of sp³-hybridized carbons (Fsp3) is 1.00. The largest absolute Gasteiger partial charge is 0.314 e. The Morgan fingerprint density at radius 3 is 2.76 bits per heavy atom. The molecule has 1 fully saturated rings. The SMILES string of the molecule is CSC1CCCN(CCNCCN(C)C)CC1. The quantitative estimate of drug-likeness (QED) is 0.696. The van der Waals surface area contributed by atoms with Gasteiger partial charge < -0.3 is 15.1 Å². The zero-order valence-electron chi connectivity index (χ0n) is 11.7. The molecule has 1 saturated heterocycles. The molecule has 1 heterocycles. The molecule has 1 atom stereocenters. The molecule has 0 amide bonds. The van der Waals surface area contributed by atoms with Crippen molar-refractivity contribution in [2.45, 2.75) is 24.5 Å². The van der Waals surface area contributed by atoms with E-state index in [-0.39, 0.29) is 0 Å². The first kappa shape index (κ1) is 15.3. The van der Waals surface area contributed by atoms with Crippen LogP contribution in [0.3, 0.4) is 0 Å². The number of thioether (sulfide) groups is 1. The summed E-state index contributed by atoms with van der Waals surface area (Å²) in [4.78, 5) is 4.85. The number of nitrogens with zero attached hydrogens (tertiary/aromatic N) is 2. The highest BCUT2D eigenvalue weighted by Gasteiger charge is 2.15. The summed E-state index contributed by atoms with van der Waals surface area (Å²) in [5.41, 5.74) is 0. The summed E-state index contributed by atoms with van der Waals surface area (Å²) in [7, 11) is 4.25. The minimum atomic E-state index is 0.904. The molecule has 1 aliphatic rings. The minimum absolute atomic E-state index is 0.904. The van der Waals surface area contributed by atoms with Crippen molar-refractivity contribution in [3.05, 3.63) is 0 Å². The minimum Gasteiger partial charge on any atom is -0.314 e. The van der Waals surface area contributed by atoms with E-state index in [1.54, 1.807) is 0 Å². The number of hydrogen-bond acceptors (Lipinski definition) is 4. The van der Waals surface area contributed by atoms with Crippen LogP contribution in [0.1, 0.15) is 19.3 Å². The van der Waals surface area contributed by atoms with Crippen molar-refractivity contribution in [2.75, 3.05) is 59.6 Å². The summed E-state index contributed by atoms with van der Waals surface area (Å²) in [6.07, 6.45) is 6.41. The lowest BCUT2D eigenvalue weighted by molar-refractivity contribution is 0.282. The first-order valence-corrected chi connectivity index (χ1v) is 8.11. The van der Waals surface area contributed by atoms with Crippen LogP contribution in [0.5, 0.6) is 0 Å². The van der Waals surface area contributed by atoms with Gasteiger partial charge in [-0.1, -0.05) is 0 Å². The average molecular weight is 259 g/mol. The summed E-state index contributed by atoms with van der Waals surface area (Å²) in [6.45, 7) is 7.18. The standard InChI is InChI=1S/C13H29N3S/c1-15(2)11-7-14-8-12-16-9-4-5-13(17-3)6-10-16/h13-14H,4-12H2,1-3H3. The summed E-state index contributed by atoms with van der Waals surface area (Å²) < 4.78 is 0. The zero-order valence-corrected chi connectivity index (χ0v) is 12.6. The van der Waals surface area contributed by atoms with Crippen LogP contribution in [-0.2, 0) is 0 Å². The Balaban J connectivity index is 2.03. The molecule has 0 aliphatic carbocycles. The molecule has 0 radical (unpaired) electrons. The molecule has 0 saturated carbocycles. The summed E-state index contributed by atoms with van der Waals surface area (Å²) in [5.74, 6) is 0. The molecular weight excluding hydrogens is 230 g/mol. The van der Waals surface area contributed by atoms with Crippen LogP contribution in [0.4, 0.5) is 0 Å². The predicted molar refractivity (Wildman–Crippen MR) is 79.0 cm³/mol. The Labute approximate surface area is 111 Å². The summed E-state index contributed by atoms with van der Waals surface area (Å²) in [5, 5.41) is 4.43. The van der Waals surface area contributed by atoms with Gasteiger partial charge in [-0.25, -0.2) is 0 Å². The molecular formula is C13H29N3S. The molecule has 1 unspecified atom stereocenters. The highest BCUT2D eigenvalue weighted by atomic mass is 32.2. The van der Waals surface area contributed by atoms with Gasteiger partial charge in [0.05, 0.1) is 0 Å². The lowest BCUT2D eigenvalue weighted by atomic mass is 10.2. The van der Waals surface area contributed by atoms with Gasteiger partial charge in [-0.2, -0.15) is 11.8 Å². The van der Waals surface area contributed by atoms with E-state index < -0.39 is 0 Å². The Bertz CT molecular complexity index is 188. The van der Waals surface area contributed by atoms with Crippen LogP contribution >= 0.6 is 11.8 Å². The Kier molecular flexibility index (Phi) is 8.27. The van der Waals surface area contributed by atoms with Crippen molar-refractivity contribution in [1.29, 1.82) is 0 Å². The maximum atomic E-state index is 3.52. The van der Waals surface area contributed by atoms with E-state index in [9.17, 15) is 0 Å². The molecule has 1 aliphatic heterocycles. The van der Waals surface area contributed by atoms with E-state index in [0.29, 0.717) is 0 Å². The Morgan fingerprint density at radius 1 is 1.24 bits per heavy atom. The lowest BCUT2D eigenvalue weighted by Crippen LogP contribution is -2.35. The second-order valence-corrected chi connectivity index (χ2v) is 6.32. The summed E-state index contributed by atoms with van der Waals surface area (Å²) >= 11 is 2.05. The van der Waals surface area contributed by atoms with E-state index in [1.807, 2.05) is 11.8 Å². The number of hydrogen-bond donors (Lipinski definition) is 1. The Morgan fingerprint density at radius 2 is 2.06 bits per heavy atom. The molecule has 0 aromatic rings. The van der Waals surface area contributed by atoms with Gasteiger partial charge in [-0.15, -0.1) is 0 Å². The van der Waals surface area contributed by atoms with Gasteiger partial charge in [-0.05, 0) is 52.7 Å². The highest BCUT2D eigenvalue weighted by molar-refractivity contribution is 7.99. The van der Waals surface area contributed by atoms with Crippen LogP contribution in [0, 0.1) is 0 Å². The van der Waals surface area contributed by atoms with Crippen molar-refractivity contribution < 1.29 is 0 Å². The molecule has 4 heteroatoms. The van der Waals surface area contributed by atoms with E-state index >= 15 is 0 Å². The molecule has 0 spiro atoms. The van der Waals surface area contributed by atoms with Crippen LogP contribution in [0.25, 0.3) is 0 Å². The molecule has 1 N–H and O–H groups in total. The summed E-state index contributed by atoms with van der Waals surface area (Å²) in [6, 6.07) is 0. The molecule has 3 nitrogen and oxygen atoms in total.